The SMILES string of the molecule is CCOC([SiH3])(OC)C(NC(OC)(OC)C([SiH3])(OC)OCC)(OC)OC. The molecule has 0 spiro atoms. The molecule has 152 valence electrons. The van der Waals surface area contributed by atoms with Gasteiger partial charge >= 0.3 is 0 Å². The molecular formula is C14H35NO8Si2. The molecule has 0 bridgehead atoms. The van der Waals surface area contributed by atoms with E-state index < -0.39 is 22.6 Å². The van der Waals surface area contributed by atoms with Crippen molar-refractivity contribution in [2.24, 2.45) is 0 Å². The number of hydrogen-bond donors (Lipinski definition) is 1. The maximum absolute atomic E-state index is 5.81. The number of ether oxygens (including phenoxy) is 8. The van der Waals surface area contributed by atoms with Gasteiger partial charge in [0, 0.05) is 55.9 Å². The van der Waals surface area contributed by atoms with E-state index in [-0.39, 0.29) is 0 Å². The number of rotatable bonds is 14. The van der Waals surface area contributed by atoms with Gasteiger partial charge in [0.25, 0.3) is 11.8 Å². The van der Waals surface area contributed by atoms with Gasteiger partial charge < -0.3 is 37.9 Å². The quantitative estimate of drug-likeness (QED) is 0.259. The van der Waals surface area contributed by atoms with Gasteiger partial charge in [-0.15, -0.1) is 0 Å². The topological polar surface area (TPSA) is 85.9 Å². The summed E-state index contributed by atoms with van der Waals surface area (Å²) in [6, 6.07) is 0. The van der Waals surface area contributed by atoms with Crippen LogP contribution < -0.4 is 5.32 Å². The van der Waals surface area contributed by atoms with Crippen LogP contribution in [0, 0.1) is 0 Å². The second-order valence-electron chi connectivity index (χ2n) is 5.34. The number of methoxy groups -OCH3 is 6. The predicted octanol–water partition coefficient (Wildman–Crippen LogP) is -2.13. The molecule has 0 rings (SSSR count). The van der Waals surface area contributed by atoms with Crippen LogP contribution in [0.15, 0.2) is 0 Å². The minimum Gasteiger partial charge on any atom is -0.352 e. The summed E-state index contributed by atoms with van der Waals surface area (Å²) in [7, 11) is 9.74. The molecule has 0 saturated carbocycles. The molecule has 0 aliphatic heterocycles. The standard InChI is InChI=1S/C14H35NO8Si2/c1-9-22-13(24,20-7)11(16-3,17-4)15-12(18-5,19-6)14(25,21-8)23-10-2/h15H,9-10H2,1-8,24-25H3. The first-order valence-corrected chi connectivity index (χ1v) is 10.1. The van der Waals surface area contributed by atoms with E-state index in [1.807, 2.05) is 13.8 Å². The van der Waals surface area contributed by atoms with Crippen molar-refractivity contribution >= 4 is 20.5 Å². The van der Waals surface area contributed by atoms with Gasteiger partial charge in [-0.1, -0.05) is 0 Å². The summed E-state index contributed by atoms with van der Waals surface area (Å²) in [4.78, 5) is 0. The minimum absolute atomic E-state index is 0.391. The first kappa shape index (κ1) is 25.1. The van der Waals surface area contributed by atoms with Crippen LogP contribution in [0.4, 0.5) is 0 Å². The van der Waals surface area contributed by atoms with Gasteiger partial charge in [0.1, 0.15) is 0 Å². The van der Waals surface area contributed by atoms with Gasteiger partial charge in [0.15, 0.2) is 0 Å². The summed E-state index contributed by atoms with van der Waals surface area (Å²) in [5.74, 6) is -3.08. The van der Waals surface area contributed by atoms with Gasteiger partial charge in [-0.3, -0.25) is 0 Å². The lowest BCUT2D eigenvalue weighted by molar-refractivity contribution is -0.438. The molecular weight excluding hydrogens is 366 g/mol. The Hall–Kier alpha value is 0.0738. The fourth-order valence-corrected chi connectivity index (χ4v) is 4.33. The summed E-state index contributed by atoms with van der Waals surface area (Å²) >= 11 is 0. The van der Waals surface area contributed by atoms with Crippen molar-refractivity contribution < 1.29 is 37.9 Å². The van der Waals surface area contributed by atoms with Crippen molar-refractivity contribution in [3.63, 3.8) is 0 Å². The smallest absolute Gasteiger partial charge is 0.282 e. The molecule has 2 atom stereocenters. The second kappa shape index (κ2) is 10.4. The largest absolute Gasteiger partial charge is 0.352 e. The predicted molar refractivity (Wildman–Crippen MR) is 99.2 cm³/mol. The molecule has 0 fully saturated rings. The molecule has 2 unspecified atom stereocenters. The Morgan fingerprint density at radius 1 is 0.600 bits per heavy atom. The molecule has 0 aromatic heterocycles. The highest BCUT2D eigenvalue weighted by Crippen LogP contribution is 2.34. The molecule has 1 N–H and O–H groups in total. The van der Waals surface area contributed by atoms with Crippen molar-refractivity contribution in [2.45, 2.75) is 36.5 Å². The fraction of sp³-hybridized carbons (Fsp3) is 1.00. The van der Waals surface area contributed by atoms with E-state index in [0.717, 1.165) is 0 Å². The van der Waals surface area contributed by atoms with Crippen LogP contribution in [0.1, 0.15) is 13.8 Å². The summed E-state index contributed by atoms with van der Waals surface area (Å²) < 4.78 is 45.5. The van der Waals surface area contributed by atoms with E-state index in [1.165, 1.54) is 42.7 Å². The van der Waals surface area contributed by atoms with Crippen LogP contribution in [0.3, 0.4) is 0 Å². The first-order valence-electron chi connectivity index (χ1n) is 8.07. The molecule has 0 aromatic carbocycles. The Bertz CT molecular complexity index is 350. The van der Waals surface area contributed by atoms with E-state index in [1.54, 1.807) is 0 Å². The lowest BCUT2D eigenvalue weighted by atomic mass is 10.3. The van der Waals surface area contributed by atoms with Crippen LogP contribution in [0.5, 0.6) is 0 Å². The average Bonchev–Trinajstić information content (AvgIpc) is 2.63. The average molecular weight is 402 g/mol. The zero-order valence-corrected chi connectivity index (χ0v) is 21.2. The van der Waals surface area contributed by atoms with E-state index in [9.17, 15) is 0 Å². The van der Waals surface area contributed by atoms with Gasteiger partial charge in [-0.25, -0.2) is 5.32 Å². The lowest BCUT2D eigenvalue weighted by Crippen LogP contribution is -2.79. The second-order valence-corrected chi connectivity index (χ2v) is 7.97. The van der Waals surface area contributed by atoms with Gasteiger partial charge in [-0.05, 0) is 13.8 Å². The molecule has 0 aliphatic rings. The summed E-state index contributed by atoms with van der Waals surface area (Å²) in [6.07, 6.45) is 0. The zero-order valence-electron chi connectivity index (χ0n) is 17.2. The first-order chi connectivity index (χ1) is 11.7. The zero-order chi connectivity index (χ0) is 19.8. The Labute approximate surface area is 156 Å². The van der Waals surface area contributed by atoms with Gasteiger partial charge in [0.05, 0.1) is 20.5 Å². The van der Waals surface area contributed by atoms with E-state index in [0.29, 0.717) is 33.7 Å². The molecule has 0 amide bonds. The molecule has 0 radical (unpaired) electrons. The third-order valence-corrected chi connectivity index (χ3v) is 7.00. The minimum atomic E-state index is -1.54. The maximum atomic E-state index is 5.81. The van der Waals surface area contributed by atoms with Gasteiger partial charge in [-0.2, -0.15) is 0 Å². The van der Waals surface area contributed by atoms with E-state index in [2.05, 4.69) is 5.32 Å². The maximum Gasteiger partial charge on any atom is 0.282 e. The van der Waals surface area contributed by atoms with Crippen LogP contribution in [-0.2, 0) is 37.9 Å². The van der Waals surface area contributed by atoms with Crippen molar-refractivity contribution in [1.82, 2.24) is 5.32 Å². The summed E-state index contributed by atoms with van der Waals surface area (Å²) in [6.45, 7) is 4.49. The molecule has 9 nitrogen and oxygen atoms in total. The number of nitrogens with one attached hydrogen (secondary N) is 1. The highest BCUT2D eigenvalue weighted by Gasteiger charge is 2.62. The van der Waals surface area contributed by atoms with Crippen molar-refractivity contribution in [3.8, 4) is 0 Å². The van der Waals surface area contributed by atoms with E-state index in [4.69, 9.17) is 37.9 Å². The Morgan fingerprint density at radius 3 is 1.04 bits per heavy atom. The van der Waals surface area contributed by atoms with Crippen molar-refractivity contribution in [3.05, 3.63) is 0 Å². The van der Waals surface area contributed by atoms with Crippen molar-refractivity contribution in [2.75, 3.05) is 55.9 Å². The van der Waals surface area contributed by atoms with Crippen LogP contribution in [0.2, 0.25) is 0 Å². The molecule has 25 heavy (non-hydrogen) atoms. The molecule has 0 heterocycles. The Balaban J connectivity index is 6.21. The monoisotopic (exact) mass is 401 g/mol. The molecule has 0 aliphatic carbocycles. The van der Waals surface area contributed by atoms with Crippen molar-refractivity contribution in [1.29, 1.82) is 0 Å². The highest BCUT2D eigenvalue weighted by atomic mass is 28.2. The highest BCUT2D eigenvalue weighted by molar-refractivity contribution is 6.14. The molecule has 11 heteroatoms. The van der Waals surface area contributed by atoms with Gasteiger partial charge in [0.2, 0.25) is 10.8 Å². The Morgan fingerprint density at radius 2 is 0.880 bits per heavy atom. The third-order valence-electron chi connectivity index (χ3n) is 4.29. The molecule has 0 saturated heterocycles. The molecule has 0 aromatic rings. The lowest BCUT2D eigenvalue weighted by Gasteiger charge is -2.52. The third kappa shape index (κ3) is 4.68. The normalized spacial score (nSPS) is 18.2. The Kier molecular flexibility index (Phi) is 10.4. The van der Waals surface area contributed by atoms with Crippen LogP contribution in [-0.4, -0.2) is 99.0 Å². The van der Waals surface area contributed by atoms with Crippen LogP contribution >= 0.6 is 0 Å². The summed E-state index contributed by atoms with van der Waals surface area (Å²) in [5.41, 5.74) is -2.40. The van der Waals surface area contributed by atoms with E-state index >= 15 is 0 Å². The summed E-state index contributed by atoms with van der Waals surface area (Å²) in [5, 5.41) is 3.11. The fourth-order valence-electron chi connectivity index (χ4n) is 2.68. The number of hydrogen-bond acceptors (Lipinski definition) is 9. The van der Waals surface area contributed by atoms with Crippen LogP contribution in [0.25, 0.3) is 0 Å².